The minimum Gasteiger partial charge on any atom is -0.491 e. The molecule has 1 saturated heterocycles. The van der Waals surface area contributed by atoms with Gasteiger partial charge in [-0.2, -0.15) is 0 Å². The fourth-order valence-electron chi connectivity index (χ4n) is 3.73. The highest BCUT2D eigenvalue weighted by atomic mass is 19.1. The molecule has 1 N–H and O–H groups in total. The van der Waals surface area contributed by atoms with Gasteiger partial charge in [0.2, 0.25) is 0 Å². The van der Waals surface area contributed by atoms with Gasteiger partial charge >= 0.3 is 0 Å². The standard InChI is InChI=1S/C24H33FN2O2/c1-18-5-10-23(22(15-18)24(2,3)4)29-17-21(28)16-26-11-13-27(14-12-26)20-8-6-19(25)7-9-20/h5-10,15,21,28H,11-14,16-17H2,1-4H3/t21-/m0/s1. The SMILES string of the molecule is Cc1ccc(OC[C@@H](O)CN2CCN(c3ccc(F)cc3)CC2)c(C(C)(C)C)c1. The van der Waals surface area contributed by atoms with Gasteiger partial charge in [-0.3, -0.25) is 4.90 Å². The molecule has 1 heterocycles. The van der Waals surface area contributed by atoms with Gasteiger partial charge in [-0.15, -0.1) is 0 Å². The highest BCUT2D eigenvalue weighted by Crippen LogP contribution is 2.32. The summed E-state index contributed by atoms with van der Waals surface area (Å²) in [6.45, 7) is 12.9. The van der Waals surface area contributed by atoms with Gasteiger partial charge < -0.3 is 14.7 Å². The number of rotatable bonds is 6. The van der Waals surface area contributed by atoms with E-state index in [2.05, 4.69) is 43.6 Å². The molecular formula is C24H33FN2O2. The van der Waals surface area contributed by atoms with Crippen molar-refractivity contribution in [3.63, 3.8) is 0 Å². The average molecular weight is 401 g/mol. The normalized spacial score (nSPS) is 16.7. The number of aliphatic hydroxyl groups excluding tert-OH is 1. The smallest absolute Gasteiger partial charge is 0.123 e. The van der Waals surface area contributed by atoms with E-state index in [1.807, 2.05) is 24.3 Å². The minimum atomic E-state index is -0.540. The predicted molar refractivity (Wildman–Crippen MR) is 116 cm³/mol. The Kier molecular flexibility index (Phi) is 6.81. The van der Waals surface area contributed by atoms with Crippen molar-refractivity contribution in [1.29, 1.82) is 0 Å². The van der Waals surface area contributed by atoms with E-state index in [1.165, 1.54) is 17.7 Å². The monoisotopic (exact) mass is 400 g/mol. The van der Waals surface area contributed by atoms with Crippen LogP contribution < -0.4 is 9.64 Å². The van der Waals surface area contributed by atoms with E-state index in [1.54, 1.807) is 0 Å². The quantitative estimate of drug-likeness (QED) is 0.795. The van der Waals surface area contributed by atoms with Crippen LogP contribution in [-0.4, -0.2) is 55.4 Å². The summed E-state index contributed by atoms with van der Waals surface area (Å²) in [6, 6.07) is 12.9. The van der Waals surface area contributed by atoms with Crippen molar-refractivity contribution < 1.29 is 14.2 Å². The number of aliphatic hydroxyl groups is 1. The van der Waals surface area contributed by atoms with Crippen molar-refractivity contribution in [2.45, 2.75) is 39.2 Å². The van der Waals surface area contributed by atoms with E-state index in [0.717, 1.165) is 43.2 Å². The van der Waals surface area contributed by atoms with Crippen LogP contribution in [-0.2, 0) is 5.41 Å². The Bertz CT molecular complexity index is 794. The number of benzene rings is 2. The molecule has 158 valence electrons. The van der Waals surface area contributed by atoms with E-state index in [-0.39, 0.29) is 17.8 Å². The van der Waals surface area contributed by atoms with Crippen LogP contribution in [0.5, 0.6) is 5.75 Å². The van der Waals surface area contributed by atoms with Gasteiger partial charge in [-0.05, 0) is 48.2 Å². The Balaban J connectivity index is 1.49. The number of piperazine rings is 1. The molecule has 0 aromatic heterocycles. The molecule has 2 aromatic carbocycles. The van der Waals surface area contributed by atoms with Gasteiger partial charge in [-0.25, -0.2) is 4.39 Å². The Labute approximate surface area is 173 Å². The lowest BCUT2D eigenvalue weighted by molar-refractivity contribution is 0.0656. The first-order valence-corrected chi connectivity index (χ1v) is 10.4. The van der Waals surface area contributed by atoms with Crippen molar-refractivity contribution in [3.05, 3.63) is 59.4 Å². The molecule has 0 spiro atoms. The Morgan fingerprint density at radius 2 is 1.69 bits per heavy atom. The lowest BCUT2D eigenvalue weighted by Gasteiger charge is -2.37. The third kappa shape index (κ3) is 5.94. The Hall–Kier alpha value is -2.11. The van der Waals surface area contributed by atoms with E-state index in [9.17, 15) is 9.50 Å². The number of anilines is 1. The van der Waals surface area contributed by atoms with Gasteiger partial charge in [0.1, 0.15) is 24.3 Å². The number of halogens is 1. The maximum atomic E-state index is 13.1. The number of ether oxygens (including phenoxy) is 1. The second-order valence-electron chi connectivity index (χ2n) is 8.98. The zero-order valence-electron chi connectivity index (χ0n) is 18.0. The van der Waals surface area contributed by atoms with Gasteiger partial charge in [0.05, 0.1) is 0 Å². The summed E-state index contributed by atoms with van der Waals surface area (Å²) in [5, 5.41) is 10.5. The van der Waals surface area contributed by atoms with Crippen LogP contribution >= 0.6 is 0 Å². The van der Waals surface area contributed by atoms with Crippen molar-refractivity contribution in [2.75, 3.05) is 44.2 Å². The van der Waals surface area contributed by atoms with Crippen LogP contribution in [0.2, 0.25) is 0 Å². The predicted octanol–water partition coefficient (Wildman–Crippen LogP) is 3.99. The van der Waals surface area contributed by atoms with E-state index >= 15 is 0 Å². The van der Waals surface area contributed by atoms with Crippen molar-refractivity contribution in [2.24, 2.45) is 0 Å². The van der Waals surface area contributed by atoms with Crippen LogP contribution in [0.4, 0.5) is 10.1 Å². The number of hydrogen-bond donors (Lipinski definition) is 1. The van der Waals surface area contributed by atoms with Gasteiger partial charge in [0, 0.05) is 38.4 Å². The largest absolute Gasteiger partial charge is 0.491 e. The highest BCUT2D eigenvalue weighted by Gasteiger charge is 2.22. The van der Waals surface area contributed by atoms with Crippen LogP contribution in [0.1, 0.15) is 31.9 Å². The topological polar surface area (TPSA) is 35.9 Å². The first kappa shape index (κ1) is 21.6. The van der Waals surface area contributed by atoms with Gasteiger partial charge in [-0.1, -0.05) is 38.5 Å². The fourth-order valence-corrected chi connectivity index (χ4v) is 3.73. The van der Waals surface area contributed by atoms with Crippen LogP contribution in [0.25, 0.3) is 0 Å². The molecule has 29 heavy (non-hydrogen) atoms. The Morgan fingerprint density at radius 1 is 1.03 bits per heavy atom. The third-order valence-corrected chi connectivity index (χ3v) is 5.41. The van der Waals surface area contributed by atoms with Crippen LogP contribution in [0, 0.1) is 12.7 Å². The molecule has 4 nitrogen and oxygen atoms in total. The number of hydrogen-bond acceptors (Lipinski definition) is 4. The summed E-state index contributed by atoms with van der Waals surface area (Å²) in [5.41, 5.74) is 3.41. The summed E-state index contributed by atoms with van der Waals surface area (Å²) in [7, 11) is 0. The first-order chi connectivity index (χ1) is 13.7. The highest BCUT2D eigenvalue weighted by molar-refractivity contribution is 5.46. The van der Waals surface area contributed by atoms with E-state index in [4.69, 9.17) is 4.74 Å². The molecule has 0 radical (unpaired) electrons. The average Bonchev–Trinajstić information content (AvgIpc) is 2.67. The lowest BCUT2D eigenvalue weighted by Crippen LogP contribution is -2.49. The molecule has 0 amide bonds. The summed E-state index contributed by atoms with van der Waals surface area (Å²) in [5.74, 6) is 0.641. The second kappa shape index (κ2) is 9.14. The maximum absolute atomic E-state index is 13.1. The number of β-amino-alcohol motifs (C(OH)–C–C–N with tert-alkyl or cyclic N) is 1. The lowest BCUT2D eigenvalue weighted by atomic mass is 9.85. The molecule has 5 heteroatoms. The zero-order valence-corrected chi connectivity index (χ0v) is 18.0. The number of nitrogens with zero attached hydrogens (tertiary/aromatic N) is 2. The summed E-state index contributed by atoms with van der Waals surface area (Å²) in [6.07, 6.45) is -0.540. The zero-order chi connectivity index (χ0) is 21.0. The summed E-state index contributed by atoms with van der Waals surface area (Å²) in [4.78, 5) is 4.51. The molecule has 3 rings (SSSR count). The molecule has 1 atom stereocenters. The molecule has 0 aliphatic carbocycles. The fraction of sp³-hybridized carbons (Fsp3) is 0.500. The van der Waals surface area contributed by atoms with Crippen molar-refractivity contribution in [1.82, 2.24) is 4.90 Å². The number of aryl methyl sites for hydroxylation is 1. The van der Waals surface area contributed by atoms with E-state index in [0.29, 0.717) is 6.54 Å². The van der Waals surface area contributed by atoms with Crippen molar-refractivity contribution in [3.8, 4) is 5.75 Å². The second-order valence-corrected chi connectivity index (χ2v) is 8.98. The molecule has 1 fully saturated rings. The van der Waals surface area contributed by atoms with Crippen molar-refractivity contribution >= 4 is 5.69 Å². The molecule has 1 aliphatic rings. The molecule has 0 bridgehead atoms. The maximum Gasteiger partial charge on any atom is 0.123 e. The third-order valence-electron chi connectivity index (χ3n) is 5.41. The van der Waals surface area contributed by atoms with Gasteiger partial charge in [0.25, 0.3) is 0 Å². The molecule has 0 unspecified atom stereocenters. The van der Waals surface area contributed by atoms with Crippen LogP contribution in [0.15, 0.2) is 42.5 Å². The summed E-state index contributed by atoms with van der Waals surface area (Å²) >= 11 is 0. The molecule has 1 aliphatic heterocycles. The van der Waals surface area contributed by atoms with Gasteiger partial charge in [0.15, 0.2) is 0 Å². The van der Waals surface area contributed by atoms with E-state index < -0.39 is 6.10 Å². The molecule has 2 aromatic rings. The first-order valence-electron chi connectivity index (χ1n) is 10.4. The Morgan fingerprint density at radius 3 is 2.31 bits per heavy atom. The molecule has 0 saturated carbocycles. The van der Waals surface area contributed by atoms with Crippen LogP contribution in [0.3, 0.4) is 0 Å². The summed E-state index contributed by atoms with van der Waals surface area (Å²) < 4.78 is 19.1. The molecular weight excluding hydrogens is 367 g/mol. The minimum absolute atomic E-state index is 0.0109.